The molecule has 0 unspecified atom stereocenters. The minimum Gasteiger partial charge on any atom is -0.379 e. The molecule has 0 spiro atoms. The Balaban J connectivity index is 1.33. The standard InChI is InChI=1S/C20H30N4O2/c1-16-4-2-5-18(21-16)23-12-10-22(11-13-23)15-20(26)8-3-9-24(19(20)25)14-17-6-7-17/h2,4-5,17,26H,3,6-15H2,1H3/t20-/m1/s1. The predicted octanol–water partition coefficient (Wildman–Crippen LogP) is 1.28. The van der Waals surface area contributed by atoms with E-state index in [1.54, 1.807) is 0 Å². The van der Waals surface area contributed by atoms with Gasteiger partial charge in [-0.1, -0.05) is 6.07 Å². The van der Waals surface area contributed by atoms with E-state index in [1.807, 2.05) is 24.0 Å². The van der Waals surface area contributed by atoms with E-state index in [0.29, 0.717) is 18.9 Å². The Hall–Kier alpha value is -1.66. The minimum absolute atomic E-state index is 0.0431. The van der Waals surface area contributed by atoms with Crippen molar-refractivity contribution in [2.45, 2.75) is 38.2 Å². The van der Waals surface area contributed by atoms with Crippen molar-refractivity contribution in [2.75, 3.05) is 50.7 Å². The number of anilines is 1. The van der Waals surface area contributed by atoms with E-state index in [-0.39, 0.29) is 5.91 Å². The SMILES string of the molecule is Cc1cccc(N2CCN(C[C@]3(O)CCCN(CC4CC4)C3=O)CC2)n1. The lowest BCUT2D eigenvalue weighted by Crippen LogP contribution is -2.61. The van der Waals surface area contributed by atoms with Crippen molar-refractivity contribution in [1.82, 2.24) is 14.8 Å². The molecule has 0 bridgehead atoms. The van der Waals surface area contributed by atoms with Crippen LogP contribution >= 0.6 is 0 Å². The van der Waals surface area contributed by atoms with Gasteiger partial charge in [-0.2, -0.15) is 0 Å². The number of aryl methyl sites for hydroxylation is 1. The van der Waals surface area contributed by atoms with Crippen LogP contribution in [-0.4, -0.2) is 77.2 Å². The fourth-order valence-electron chi connectivity index (χ4n) is 4.21. The Morgan fingerprint density at radius 2 is 1.96 bits per heavy atom. The smallest absolute Gasteiger partial charge is 0.255 e. The Labute approximate surface area is 155 Å². The number of likely N-dealkylation sites (tertiary alicyclic amines) is 1. The molecule has 142 valence electrons. The number of rotatable bonds is 5. The highest BCUT2D eigenvalue weighted by Gasteiger charge is 2.44. The summed E-state index contributed by atoms with van der Waals surface area (Å²) in [5, 5.41) is 11.1. The normalized spacial score (nSPS) is 27.8. The molecule has 6 heteroatoms. The monoisotopic (exact) mass is 358 g/mol. The van der Waals surface area contributed by atoms with Crippen LogP contribution in [0.1, 0.15) is 31.4 Å². The van der Waals surface area contributed by atoms with Gasteiger partial charge >= 0.3 is 0 Å². The molecular weight excluding hydrogens is 328 g/mol. The third-order valence-electron chi connectivity index (χ3n) is 5.93. The largest absolute Gasteiger partial charge is 0.379 e. The molecule has 26 heavy (non-hydrogen) atoms. The molecule has 1 aliphatic carbocycles. The second-order valence-electron chi connectivity index (χ2n) is 8.23. The van der Waals surface area contributed by atoms with Crippen molar-refractivity contribution < 1.29 is 9.90 Å². The van der Waals surface area contributed by atoms with Crippen LogP contribution in [0.25, 0.3) is 0 Å². The van der Waals surface area contributed by atoms with E-state index in [4.69, 9.17) is 0 Å². The van der Waals surface area contributed by atoms with Crippen LogP contribution in [0.4, 0.5) is 5.82 Å². The van der Waals surface area contributed by atoms with Crippen LogP contribution in [0.5, 0.6) is 0 Å². The van der Waals surface area contributed by atoms with Gasteiger partial charge in [-0.05, 0) is 50.7 Å². The quantitative estimate of drug-likeness (QED) is 0.859. The molecule has 1 aromatic rings. The van der Waals surface area contributed by atoms with Crippen LogP contribution in [0.15, 0.2) is 18.2 Å². The van der Waals surface area contributed by atoms with Crippen molar-refractivity contribution in [3.8, 4) is 0 Å². The van der Waals surface area contributed by atoms with Gasteiger partial charge in [0.05, 0.1) is 0 Å². The fraction of sp³-hybridized carbons (Fsp3) is 0.700. The number of β-amino-alcohol motifs (C(OH)–C–C–N with tert-alkyl or cyclic N) is 1. The van der Waals surface area contributed by atoms with Crippen LogP contribution in [0, 0.1) is 12.8 Å². The first kappa shape index (κ1) is 17.7. The van der Waals surface area contributed by atoms with Gasteiger partial charge in [-0.15, -0.1) is 0 Å². The second-order valence-corrected chi connectivity index (χ2v) is 8.23. The number of piperidine rings is 1. The first-order chi connectivity index (χ1) is 12.5. The van der Waals surface area contributed by atoms with Crippen molar-refractivity contribution in [3.05, 3.63) is 23.9 Å². The average Bonchev–Trinajstić information content (AvgIpc) is 3.44. The van der Waals surface area contributed by atoms with Gasteiger partial charge in [-0.3, -0.25) is 9.69 Å². The number of nitrogens with zero attached hydrogens (tertiary/aromatic N) is 4. The van der Waals surface area contributed by atoms with Crippen molar-refractivity contribution >= 4 is 11.7 Å². The maximum atomic E-state index is 12.8. The molecule has 0 aromatic carbocycles. The molecule has 1 atom stereocenters. The van der Waals surface area contributed by atoms with Gasteiger partial charge in [0, 0.05) is 51.5 Å². The number of carbonyl (C=O) groups excluding carboxylic acids is 1. The van der Waals surface area contributed by atoms with Gasteiger partial charge in [0.2, 0.25) is 0 Å². The molecule has 1 amide bonds. The average molecular weight is 358 g/mol. The van der Waals surface area contributed by atoms with Gasteiger partial charge in [-0.25, -0.2) is 4.98 Å². The number of aromatic nitrogens is 1. The Morgan fingerprint density at radius 3 is 2.65 bits per heavy atom. The summed E-state index contributed by atoms with van der Waals surface area (Å²) in [6.45, 7) is 7.60. The van der Waals surface area contributed by atoms with E-state index in [0.717, 1.165) is 57.2 Å². The molecule has 1 aromatic heterocycles. The molecule has 2 saturated heterocycles. The zero-order chi connectivity index (χ0) is 18.1. The topological polar surface area (TPSA) is 59.9 Å². The highest BCUT2D eigenvalue weighted by atomic mass is 16.3. The summed E-state index contributed by atoms with van der Waals surface area (Å²) in [6.07, 6.45) is 3.96. The van der Waals surface area contributed by atoms with E-state index >= 15 is 0 Å². The molecule has 1 N–H and O–H groups in total. The summed E-state index contributed by atoms with van der Waals surface area (Å²) in [6, 6.07) is 6.11. The van der Waals surface area contributed by atoms with E-state index in [2.05, 4.69) is 20.9 Å². The third kappa shape index (κ3) is 3.86. The van der Waals surface area contributed by atoms with Crippen LogP contribution < -0.4 is 4.90 Å². The highest BCUT2D eigenvalue weighted by molar-refractivity contribution is 5.86. The third-order valence-corrected chi connectivity index (χ3v) is 5.93. The molecule has 3 heterocycles. The lowest BCUT2D eigenvalue weighted by Gasteiger charge is -2.43. The second kappa shape index (κ2) is 7.16. The highest BCUT2D eigenvalue weighted by Crippen LogP contribution is 2.33. The summed E-state index contributed by atoms with van der Waals surface area (Å²) in [5.74, 6) is 1.65. The lowest BCUT2D eigenvalue weighted by atomic mass is 9.90. The van der Waals surface area contributed by atoms with E-state index in [9.17, 15) is 9.90 Å². The van der Waals surface area contributed by atoms with Crippen molar-refractivity contribution in [3.63, 3.8) is 0 Å². The number of amides is 1. The van der Waals surface area contributed by atoms with E-state index < -0.39 is 5.60 Å². The summed E-state index contributed by atoms with van der Waals surface area (Å²) in [4.78, 5) is 23.9. The molecule has 2 aliphatic heterocycles. The molecule has 3 aliphatic rings. The number of carbonyl (C=O) groups is 1. The summed E-state index contributed by atoms with van der Waals surface area (Å²) in [5.41, 5.74) is -0.167. The van der Waals surface area contributed by atoms with Gasteiger partial charge in [0.25, 0.3) is 5.91 Å². The Kier molecular flexibility index (Phi) is 4.88. The molecule has 6 nitrogen and oxygen atoms in total. The lowest BCUT2D eigenvalue weighted by molar-refractivity contribution is -0.159. The Bertz CT molecular complexity index is 655. The predicted molar refractivity (Wildman–Crippen MR) is 101 cm³/mol. The first-order valence-corrected chi connectivity index (χ1v) is 9.96. The van der Waals surface area contributed by atoms with Crippen LogP contribution in [0.2, 0.25) is 0 Å². The molecule has 3 fully saturated rings. The van der Waals surface area contributed by atoms with Crippen molar-refractivity contribution in [2.24, 2.45) is 5.92 Å². The Morgan fingerprint density at radius 1 is 1.19 bits per heavy atom. The summed E-state index contributed by atoms with van der Waals surface area (Å²) >= 11 is 0. The number of piperazine rings is 1. The molecular formula is C20H30N4O2. The fourth-order valence-corrected chi connectivity index (χ4v) is 4.21. The molecule has 1 saturated carbocycles. The maximum Gasteiger partial charge on any atom is 0.255 e. The van der Waals surface area contributed by atoms with Gasteiger partial charge in [0.15, 0.2) is 5.60 Å². The van der Waals surface area contributed by atoms with Crippen LogP contribution in [-0.2, 0) is 4.79 Å². The number of pyridine rings is 1. The summed E-state index contributed by atoms with van der Waals surface area (Å²) in [7, 11) is 0. The van der Waals surface area contributed by atoms with Crippen molar-refractivity contribution in [1.29, 1.82) is 0 Å². The van der Waals surface area contributed by atoms with Gasteiger partial charge < -0.3 is 14.9 Å². The van der Waals surface area contributed by atoms with E-state index in [1.165, 1.54) is 12.8 Å². The number of hydrogen-bond donors (Lipinski definition) is 1. The van der Waals surface area contributed by atoms with Crippen LogP contribution in [0.3, 0.4) is 0 Å². The molecule has 0 radical (unpaired) electrons. The molecule has 4 rings (SSSR count). The zero-order valence-corrected chi connectivity index (χ0v) is 15.7. The van der Waals surface area contributed by atoms with Gasteiger partial charge in [0.1, 0.15) is 5.82 Å². The maximum absolute atomic E-state index is 12.8. The number of hydrogen-bond acceptors (Lipinski definition) is 5. The zero-order valence-electron chi connectivity index (χ0n) is 15.7. The number of aliphatic hydroxyl groups is 1. The first-order valence-electron chi connectivity index (χ1n) is 9.96. The minimum atomic E-state index is -1.20. The summed E-state index contributed by atoms with van der Waals surface area (Å²) < 4.78 is 0.